The van der Waals surface area contributed by atoms with E-state index in [-0.39, 0.29) is 6.61 Å². The van der Waals surface area contributed by atoms with Crippen LogP contribution in [0.1, 0.15) is 18.4 Å². The van der Waals surface area contributed by atoms with Crippen LogP contribution in [0.3, 0.4) is 0 Å². The first-order chi connectivity index (χ1) is 10.1. The van der Waals surface area contributed by atoms with E-state index in [2.05, 4.69) is 5.32 Å². The molecular formula is C15H16N2O4. The third-order valence-electron chi connectivity index (χ3n) is 2.50. The molecule has 6 nitrogen and oxygen atoms in total. The predicted molar refractivity (Wildman–Crippen MR) is 75.2 cm³/mol. The fraction of sp³-hybridized carbons (Fsp3) is 0.267. The maximum absolute atomic E-state index is 11.5. The number of rotatable bonds is 7. The number of carboxylic acid groups (broad SMARTS) is 1. The molecule has 21 heavy (non-hydrogen) atoms. The number of hydrogen-bond acceptors (Lipinski definition) is 4. The van der Waals surface area contributed by atoms with Gasteiger partial charge in [-0.15, -0.1) is 0 Å². The fourth-order valence-electron chi connectivity index (χ4n) is 1.46. The largest absolute Gasteiger partial charge is 0.479 e. The van der Waals surface area contributed by atoms with E-state index in [0.29, 0.717) is 12.8 Å². The lowest BCUT2D eigenvalue weighted by molar-refractivity contribution is -0.138. The fourth-order valence-corrected chi connectivity index (χ4v) is 1.46. The lowest BCUT2D eigenvalue weighted by Crippen LogP contribution is -2.39. The molecule has 0 saturated heterocycles. The molecule has 0 aliphatic carbocycles. The Hall–Kier alpha value is -2.81. The van der Waals surface area contributed by atoms with Crippen molar-refractivity contribution in [2.45, 2.75) is 25.5 Å². The van der Waals surface area contributed by atoms with Gasteiger partial charge >= 0.3 is 12.1 Å². The van der Waals surface area contributed by atoms with Gasteiger partial charge in [0, 0.05) is 6.42 Å². The van der Waals surface area contributed by atoms with Crippen molar-refractivity contribution in [2.75, 3.05) is 0 Å². The summed E-state index contributed by atoms with van der Waals surface area (Å²) in [5.41, 5.74) is 0.809. The van der Waals surface area contributed by atoms with Crippen LogP contribution >= 0.6 is 0 Å². The number of nitrogens with zero attached hydrogens (tertiary/aromatic N) is 1. The second-order valence-electron chi connectivity index (χ2n) is 4.15. The predicted octanol–water partition coefficient (Wildman–Crippen LogP) is 2.23. The Morgan fingerprint density at radius 1 is 1.38 bits per heavy atom. The average Bonchev–Trinajstić information content (AvgIpc) is 2.49. The van der Waals surface area contributed by atoms with Crippen LogP contribution < -0.4 is 5.32 Å². The van der Waals surface area contributed by atoms with E-state index in [4.69, 9.17) is 15.1 Å². The number of benzene rings is 1. The molecule has 6 heteroatoms. The van der Waals surface area contributed by atoms with Crippen LogP contribution in [-0.4, -0.2) is 23.2 Å². The Labute approximate surface area is 122 Å². The molecule has 0 spiro atoms. The highest BCUT2D eigenvalue weighted by Gasteiger charge is 2.17. The average molecular weight is 288 g/mol. The molecule has 1 atom stereocenters. The summed E-state index contributed by atoms with van der Waals surface area (Å²) in [6, 6.07) is 9.83. The first-order valence-corrected chi connectivity index (χ1v) is 6.37. The molecule has 0 fully saturated rings. The number of allylic oxidation sites excluding steroid dienone is 1. The molecule has 0 bridgehead atoms. The van der Waals surface area contributed by atoms with Crippen molar-refractivity contribution < 1.29 is 19.4 Å². The summed E-state index contributed by atoms with van der Waals surface area (Å²) in [5.74, 6) is -1.19. The molecule has 0 heterocycles. The van der Waals surface area contributed by atoms with E-state index in [9.17, 15) is 9.59 Å². The van der Waals surface area contributed by atoms with Crippen molar-refractivity contribution in [1.82, 2.24) is 5.32 Å². The molecule has 1 aromatic rings. The second-order valence-corrected chi connectivity index (χ2v) is 4.15. The molecule has 0 aliphatic rings. The van der Waals surface area contributed by atoms with Crippen LogP contribution in [0.5, 0.6) is 0 Å². The zero-order chi connectivity index (χ0) is 15.5. The number of carboxylic acids is 1. The molecule has 110 valence electrons. The molecule has 0 saturated carbocycles. The van der Waals surface area contributed by atoms with Crippen LogP contribution in [0.4, 0.5) is 4.79 Å². The van der Waals surface area contributed by atoms with Gasteiger partial charge in [-0.25, -0.2) is 9.59 Å². The number of unbranched alkanes of at least 4 members (excludes halogenated alkanes) is 1. The lowest BCUT2D eigenvalue weighted by Gasteiger charge is -2.11. The van der Waals surface area contributed by atoms with Crippen LogP contribution in [0, 0.1) is 11.3 Å². The van der Waals surface area contributed by atoms with Gasteiger partial charge in [0.15, 0.2) is 0 Å². The number of nitrogens with one attached hydrogen (secondary N) is 1. The normalized spacial score (nSPS) is 11.6. The zero-order valence-electron chi connectivity index (χ0n) is 11.4. The molecule has 1 rings (SSSR count). The first-order valence-electron chi connectivity index (χ1n) is 6.37. The highest BCUT2D eigenvalue weighted by Crippen LogP contribution is 2.01. The zero-order valence-corrected chi connectivity index (χ0v) is 11.4. The molecule has 0 radical (unpaired) electrons. The molecule has 0 unspecified atom stereocenters. The number of carbonyl (C=O) groups is 2. The number of alkyl carbamates (subject to hydrolysis) is 1. The second kappa shape index (κ2) is 9.15. The number of aliphatic carboxylic acids is 1. The van der Waals surface area contributed by atoms with Crippen molar-refractivity contribution in [3.05, 3.63) is 48.0 Å². The van der Waals surface area contributed by atoms with Crippen LogP contribution in [0.15, 0.2) is 42.5 Å². The van der Waals surface area contributed by atoms with E-state index < -0.39 is 18.1 Å². The Bertz CT molecular complexity index is 534. The number of carbonyl (C=O) groups excluding carboxylic acids is 1. The van der Waals surface area contributed by atoms with Crippen molar-refractivity contribution >= 4 is 12.1 Å². The smallest absolute Gasteiger partial charge is 0.408 e. The number of amides is 1. The molecule has 1 aromatic carbocycles. The number of hydrogen-bond donors (Lipinski definition) is 2. The van der Waals surface area contributed by atoms with E-state index in [1.807, 2.05) is 24.3 Å². The van der Waals surface area contributed by atoms with E-state index >= 15 is 0 Å². The van der Waals surface area contributed by atoms with Gasteiger partial charge in [0.2, 0.25) is 0 Å². The van der Waals surface area contributed by atoms with E-state index in [0.717, 1.165) is 5.56 Å². The van der Waals surface area contributed by atoms with Gasteiger partial charge in [0.25, 0.3) is 0 Å². The Morgan fingerprint density at radius 2 is 2.10 bits per heavy atom. The summed E-state index contributed by atoms with van der Waals surface area (Å²) in [6.45, 7) is 0.0666. The number of ether oxygens (including phenoxy) is 1. The quantitative estimate of drug-likeness (QED) is 0.592. The minimum atomic E-state index is -1.19. The summed E-state index contributed by atoms with van der Waals surface area (Å²) in [6.07, 6.45) is 2.78. The number of nitriles is 1. The topological polar surface area (TPSA) is 99.4 Å². The maximum atomic E-state index is 11.5. The van der Waals surface area contributed by atoms with Gasteiger partial charge in [-0.2, -0.15) is 5.26 Å². The minimum absolute atomic E-state index is 0.0666. The molecular weight excluding hydrogens is 272 g/mol. The molecule has 1 amide bonds. The Morgan fingerprint density at radius 3 is 2.71 bits per heavy atom. The Kier molecular flexibility index (Phi) is 7.08. The minimum Gasteiger partial charge on any atom is -0.479 e. The van der Waals surface area contributed by atoms with Crippen LogP contribution in [0.2, 0.25) is 0 Å². The highest BCUT2D eigenvalue weighted by molar-refractivity contribution is 5.81. The van der Waals surface area contributed by atoms with Gasteiger partial charge in [0.05, 0.1) is 6.07 Å². The third-order valence-corrected chi connectivity index (χ3v) is 2.50. The van der Waals surface area contributed by atoms with Crippen LogP contribution in [0.25, 0.3) is 0 Å². The SMILES string of the molecule is N#CCC/C=C\[C@H](NC(=O)OCc1ccccc1)C(=O)O. The van der Waals surface area contributed by atoms with Crippen molar-refractivity contribution in [3.63, 3.8) is 0 Å². The standard InChI is InChI=1S/C15H16N2O4/c16-10-6-2-5-9-13(14(18)19)17-15(20)21-11-12-7-3-1-4-8-12/h1,3-5,7-9,13H,2,6,11H2,(H,17,20)(H,18,19)/b9-5-/t13-/m0/s1. The van der Waals surface area contributed by atoms with Crippen molar-refractivity contribution in [2.24, 2.45) is 0 Å². The van der Waals surface area contributed by atoms with Crippen molar-refractivity contribution in [1.29, 1.82) is 5.26 Å². The summed E-state index contributed by atoms with van der Waals surface area (Å²) in [4.78, 5) is 22.5. The third kappa shape index (κ3) is 6.78. The lowest BCUT2D eigenvalue weighted by atomic mass is 10.2. The maximum Gasteiger partial charge on any atom is 0.408 e. The summed E-state index contributed by atoms with van der Waals surface area (Å²) in [5, 5.41) is 19.6. The monoisotopic (exact) mass is 288 g/mol. The van der Waals surface area contributed by atoms with E-state index in [1.165, 1.54) is 6.08 Å². The first kappa shape index (κ1) is 16.2. The van der Waals surface area contributed by atoms with E-state index in [1.54, 1.807) is 18.2 Å². The summed E-state index contributed by atoms with van der Waals surface area (Å²) >= 11 is 0. The summed E-state index contributed by atoms with van der Waals surface area (Å²) < 4.78 is 4.94. The van der Waals surface area contributed by atoms with Crippen LogP contribution in [-0.2, 0) is 16.1 Å². The van der Waals surface area contributed by atoms with Gasteiger partial charge in [-0.1, -0.05) is 42.5 Å². The molecule has 2 N–H and O–H groups in total. The van der Waals surface area contributed by atoms with Gasteiger partial charge in [0.1, 0.15) is 12.6 Å². The highest BCUT2D eigenvalue weighted by atomic mass is 16.5. The van der Waals surface area contributed by atoms with Gasteiger partial charge in [-0.3, -0.25) is 0 Å². The molecule has 0 aliphatic heterocycles. The van der Waals surface area contributed by atoms with Gasteiger partial charge < -0.3 is 15.2 Å². The summed E-state index contributed by atoms with van der Waals surface area (Å²) in [7, 11) is 0. The molecule has 0 aromatic heterocycles. The van der Waals surface area contributed by atoms with Gasteiger partial charge in [-0.05, 0) is 12.0 Å². The van der Waals surface area contributed by atoms with Crippen molar-refractivity contribution in [3.8, 4) is 6.07 Å². The Balaban J connectivity index is 2.44.